The third kappa shape index (κ3) is 2.15. The van der Waals surface area contributed by atoms with Crippen LogP contribution in [0.2, 0.25) is 0 Å². The largest absolute Gasteiger partial charge is 0.504 e. The Kier molecular flexibility index (Phi) is 3.39. The van der Waals surface area contributed by atoms with Crippen LogP contribution < -0.4 is 14.2 Å². The predicted molar refractivity (Wildman–Crippen MR) is 84.1 cm³/mol. The number of ether oxygens (including phenoxy) is 3. The van der Waals surface area contributed by atoms with E-state index in [0.29, 0.717) is 12.2 Å². The number of rotatable bonds is 3. The summed E-state index contributed by atoms with van der Waals surface area (Å²) in [6.07, 6.45) is 0.706. The van der Waals surface area contributed by atoms with Gasteiger partial charge in [0.15, 0.2) is 11.5 Å². The summed E-state index contributed by atoms with van der Waals surface area (Å²) in [4.78, 5) is 0. The lowest BCUT2D eigenvalue weighted by atomic mass is 9.89. The molecule has 0 fully saturated rings. The van der Waals surface area contributed by atoms with Crippen LogP contribution in [0.5, 0.6) is 23.0 Å². The Labute approximate surface area is 130 Å². The Morgan fingerprint density at radius 3 is 2.41 bits per heavy atom. The molecule has 0 bridgehead atoms. The molecule has 0 saturated heterocycles. The lowest BCUT2D eigenvalue weighted by Crippen LogP contribution is -2.26. The molecule has 3 rings (SSSR count). The first kappa shape index (κ1) is 14.6. The fourth-order valence-electron chi connectivity index (χ4n) is 2.97. The molecule has 0 aliphatic carbocycles. The highest BCUT2D eigenvalue weighted by Crippen LogP contribution is 2.48. The molecule has 0 radical (unpaired) electrons. The maximum atomic E-state index is 10.2. The quantitative estimate of drug-likeness (QED) is 0.941. The van der Waals surface area contributed by atoms with Gasteiger partial charge in [0.1, 0.15) is 17.1 Å². The molecule has 4 heteroatoms. The van der Waals surface area contributed by atoms with Crippen LogP contribution in [-0.4, -0.2) is 19.3 Å². The second kappa shape index (κ2) is 5.13. The van der Waals surface area contributed by atoms with Gasteiger partial charge in [0.25, 0.3) is 0 Å². The van der Waals surface area contributed by atoms with E-state index in [1.165, 1.54) is 0 Å². The van der Waals surface area contributed by atoms with Crippen LogP contribution in [0.1, 0.15) is 23.6 Å². The minimum absolute atomic E-state index is 0.184. The number of methoxy groups -OCH3 is 2. The molecule has 0 amide bonds. The van der Waals surface area contributed by atoms with Gasteiger partial charge < -0.3 is 19.3 Å². The van der Waals surface area contributed by atoms with Gasteiger partial charge in [-0.15, -0.1) is 0 Å². The Balaban J connectivity index is 2.00. The van der Waals surface area contributed by atoms with E-state index in [9.17, 15) is 5.11 Å². The summed E-state index contributed by atoms with van der Waals surface area (Å²) in [5.74, 6) is 2.21. The van der Waals surface area contributed by atoms with E-state index in [1.807, 2.05) is 31.2 Å². The van der Waals surface area contributed by atoms with Crippen LogP contribution in [0.3, 0.4) is 0 Å². The molecule has 116 valence electrons. The van der Waals surface area contributed by atoms with Gasteiger partial charge in [-0.3, -0.25) is 0 Å². The van der Waals surface area contributed by atoms with Crippen LogP contribution in [0, 0.1) is 6.92 Å². The van der Waals surface area contributed by atoms with Crippen LogP contribution in [0.15, 0.2) is 30.3 Å². The molecule has 2 aromatic rings. The van der Waals surface area contributed by atoms with Gasteiger partial charge in [-0.1, -0.05) is 12.1 Å². The number of phenolic OH excluding ortho intramolecular Hbond substituents is 1. The van der Waals surface area contributed by atoms with Crippen molar-refractivity contribution in [3.8, 4) is 23.0 Å². The van der Waals surface area contributed by atoms with Gasteiger partial charge in [-0.25, -0.2) is 0 Å². The Morgan fingerprint density at radius 1 is 1.14 bits per heavy atom. The number of hydrogen-bond donors (Lipinski definition) is 1. The number of phenols is 1. The molecule has 1 aliphatic rings. The molecule has 1 unspecified atom stereocenters. The van der Waals surface area contributed by atoms with E-state index in [0.717, 1.165) is 28.2 Å². The Morgan fingerprint density at radius 2 is 1.82 bits per heavy atom. The van der Waals surface area contributed by atoms with E-state index < -0.39 is 5.60 Å². The summed E-state index contributed by atoms with van der Waals surface area (Å²) >= 11 is 0. The Bertz CT molecular complexity index is 706. The highest BCUT2D eigenvalue weighted by atomic mass is 16.5. The average Bonchev–Trinajstić information content (AvgIpc) is 2.89. The number of benzene rings is 2. The second-order valence-corrected chi connectivity index (χ2v) is 5.77. The SMILES string of the molecule is COc1ccc(C2(C)Cc3c(cc(OC)c(O)c3C)O2)cc1. The highest BCUT2D eigenvalue weighted by Gasteiger charge is 2.38. The summed E-state index contributed by atoms with van der Waals surface area (Å²) in [5.41, 5.74) is 2.45. The average molecular weight is 300 g/mol. The van der Waals surface area contributed by atoms with Crippen molar-refractivity contribution < 1.29 is 19.3 Å². The molecule has 1 aliphatic heterocycles. The van der Waals surface area contributed by atoms with Gasteiger partial charge >= 0.3 is 0 Å². The van der Waals surface area contributed by atoms with Gasteiger partial charge in [-0.05, 0) is 31.5 Å². The third-order valence-electron chi connectivity index (χ3n) is 4.37. The first-order chi connectivity index (χ1) is 10.5. The van der Waals surface area contributed by atoms with Gasteiger partial charge in [0, 0.05) is 23.6 Å². The van der Waals surface area contributed by atoms with E-state index in [2.05, 4.69) is 6.92 Å². The fraction of sp³-hybridized carbons (Fsp3) is 0.333. The van der Waals surface area contributed by atoms with Crippen LogP contribution in [0.25, 0.3) is 0 Å². The molecule has 1 N–H and O–H groups in total. The van der Waals surface area contributed by atoms with Crippen molar-refractivity contribution in [1.82, 2.24) is 0 Å². The summed E-state index contributed by atoms with van der Waals surface area (Å²) in [6.45, 7) is 3.94. The zero-order valence-corrected chi connectivity index (χ0v) is 13.3. The lowest BCUT2D eigenvalue weighted by molar-refractivity contribution is 0.115. The highest BCUT2D eigenvalue weighted by molar-refractivity contribution is 5.58. The summed E-state index contributed by atoms with van der Waals surface area (Å²) in [7, 11) is 3.19. The van der Waals surface area contributed by atoms with Crippen molar-refractivity contribution in [1.29, 1.82) is 0 Å². The van der Waals surface area contributed by atoms with Crippen LogP contribution in [0.4, 0.5) is 0 Å². The van der Waals surface area contributed by atoms with Gasteiger partial charge in [0.2, 0.25) is 0 Å². The van der Waals surface area contributed by atoms with Crippen LogP contribution in [-0.2, 0) is 12.0 Å². The number of aromatic hydroxyl groups is 1. The molecule has 22 heavy (non-hydrogen) atoms. The zero-order chi connectivity index (χ0) is 15.9. The first-order valence-electron chi connectivity index (χ1n) is 7.21. The normalized spacial score (nSPS) is 19.5. The molecule has 1 heterocycles. The van der Waals surface area contributed by atoms with E-state index in [-0.39, 0.29) is 5.75 Å². The zero-order valence-electron chi connectivity index (χ0n) is 13.3. The minimum atomic E-state index is -0.460. The third-order valence-corrected chi connectivity index (χ3v) is 4.37. The van der Waals surface area contributed by atoms with E-state index in [4.69, 9.17) is 14.2 Å². The smallest absolute Gasteiger partial charge is 0.164 e. The molecular weight excluding hydrogens is 280 g/mol. The Hall–Kier alpha value is -2.36. The first-order valence-corrected chi connectivity index (χ1v) is 7.21. The van der Waals surface area contributed by atoms with E-state index >= 15 is 0 Å². The van der Waals surface area contributed by atoms with Crippen molar-refractivity contribution in [3.05, 3.63) is 47.0 Å². The molecule has 0 spiro atoms. The lowest BCUT2D eigenvalue weighted by Gasteiger charge is -2.24. The molecule has 2 aromatic carbocycles. The molecule has 1 atom stereocenters. The number of fused-ring (bicyclic) bond motifs is 1. The van der Waals surface area contributed by atoms with Gasteiger partial charge in [-0.2, -0.15) is 0 Å². The van der Waals surface area contributed by atoms with Crippen molar-refractivity contribution in [3.63, 3.8) is 0 Å². The minimum Gasteiger partial charge on any atom is -0.504 e. The monoisotopic (exact) mass is 300 g/mol. The van der Waals surface area contributed by atoms with Crippen molar-refractivity contribution in [2.45, 2.75) is 25.9 Å². The van der Waals surface area contributed by atoms with Gasteiger partial charge in [0.05, 0.1) is 14.2 Å². The summed E-state index contributed by atoms with van der Waals surface area (Å²) in [6, 6.07) is 9.64. The predicted octanol–water partition coefficient (Wildman–Crippen LogP) is 3.57. The maximum absolute atomic E-state index is 10.2. The molecule has 0 saturated carbocycles. The van der Waals surface area contributed by atoms with Crippen LogP contribution >= 0.6 is 0 Å². The van der Waals surface area contributed by atoms with E-state index in [1.54, 1.807) is 20.3 Å². The fourth-order valence-corrected chi connectivity index (χ4v) is 2.97. The maximum Gasteiger partial charge on any atom is 0.164 e. The second-order valence-electron chi connectivity index (χ2n) is 5.77. The molecule has 0 aromatic heterocycles. The number of hydrogen-bond acceptors (Lipinski definition) is 4. The summed E-state index contributed by atoms with van der Waals surface area (Å²) in [5, 5.41) is 10.2. The topological polar surface area (TPSA) is 47.9 Å². The van der Waals surface area contributed by atoms with Crippen molar-refractivity contribution in [2.75, 3.05) is 14.2 Å². The van der Waals surface area contributed by atoms with Crippen molar-refractivity contribution in [2.24, 2.45) is 0 Å². The van der Waals surface area contributed by atoms with Crippen molar-refractivity contribution >= 4 is 0 Å². The molecule has 4 nitrogen and oxygen atoms in total. The standard InChI is InChI=1S/C18H20O4/c1-11-14-10-18(2,12-5-7-13(20-3)8-6-12)22-15(14)9-16(21-4)17(11)19/h5-9,19H,10H2,1-4H3. The summed E-state index contributed by atoms with van der Waals surface area (Å²) < 4.78 is 16.6. The molecular formula is C18H20O4.